The van der Waals surface area contributed by atoms with E-state index in [9.17, 15) is 8.42 Å². The van der Waals surface area contributed by atoms with Gasteiger partial charge in [-0.15, -0.1) is 11.3 Å². The molecule has 2 aromatic rings. The molecule has 0 bridgehead atoms. The Morgan fingerprint density at radius 2 is 1.89 bits per heavy atom. The Morgan fingerprint density at radius 1 is 1.21 bits per heavy atom. The van der Waals surface area contributed by atoms with Crippen LogP contribution in [0.4, 0.5) is 5.69 Å². The maximum atomic E-state index is 12.6. The maximum Gasteiger partial charge on any atom is 0.301 e. The summed E-state index contributed by atoms with van der Waals surface area (Å²) in [6.45, 7) is 12.7. The summed E-state index contributed by atoms with van der Waals surface area (Å²) in [7, 11) is -3.50. The van der Waals surface area contributed by atoms with Crippen molar-refractivity contribution in [1.82, 2.24) is 9.21 Å². The summed E-state index contributed by atoms with van der Waals surface area (Å²) in [5.41, 5.74) is 2.03. The molecule has 0 atom stereocenters. The Bertz CT molecular complexity index is 880. The summed E-state index contributed by atoms with van der Waals surface area (Å²) in [4.78, 5) is 2.57. The van der Waals surface area contributed by atoms with Gasteiger partial charge in [-0.25, -0.2) is 0 Å². The molecule has 0 aliphatic carbocycles. The van der Waals surface area contributed by atoms with Crippen molar-refractivity contribution in [3.05, 3.63) is 29.1 Å². The fourth-order valence-electron chi connectivity index (χ4n) is 4.15. The Hall–Kier alpha value is -1.15. The van der Waals surface area contributed by atoms with Crippen molar-refractivity contribution in [3.8, 4) is 0 Å². The quantitative estimate of drug-likeness (QED) is 0.667. The largest absolute Gasteiger partial charge is 0.303 e. The summed E-state index contributed by atoms with van der Waals surface area (Å²) >= 11 is 1.76. The second-order valence-corrected chi connectivity index (χ2v) is 10.6. The lowest BCUT2D eigenvalue weighted by molar-refractivity contribution is 0.192. The van der Waals surface area contributed by atoms with Crippen molar-refractivity contribution in [1.29, 1.82) is 0 Å². The summed E-state index contributed by atoms with van der Waals surface area (Å²) in [6, 6.07) is 5.93. The number of nitrogens with one attached hydrogen (secondary N) is 1. The van der Waals surface area contributed by atoms with E-state index in [0.29, 0.717) is 30.6 Å². The molecule has 0 radical (unpaired) electrons. The minimum Gasteiger partial charge on any atom is -0.303 e. The van der Waals surface area contributed by atoms with E-state index >= 15 is 0 Å². The van der Waals surface area contributed by atoms with Gasteiger partial charge < -0.3 is 4.90 Å². The van der Waals surface area contributed by atoms with Crippen LogP contribution in [0.15, 0.2) is 23.6 Å². The second kappa shape index (κ2) is 9.11. The van der Waals surface area contributed by atoms with Gasteiger partial charge in [0.05, 0.1) is 5.69 Å². The number of nitrogens with zero attached hydrogens (tertiary/aromatic N) is 2. The van der Waals surface area contributed by atoms with Crippen LogP contribution in [-0.2, 0) is 10.2 Å². The average Bonchev–Trinajstić information content (AvgIpc) is 3.05. The molecular weight excluding hydrogens is 390 g/mol. The molecule has 0 unspecified atom stereocenters. The first-order valence-corrected chi connectivity index (χ1v) is 12.7. The van der Waals surface area contributed by atoms with Crippen LogP contribution < -0.4 is 4.72 Å². The standard InChI is InChI=1S/C21H33N3O2S2/c1-5-24(6-2)28(25,26)22-18-7-8-21-19(13-18)20(15-27-21)17-9-11-23(12-10-17)14-16(3)4/h7-8,13,15-17,22H,5-6,9-12,14H2,1-4H3. The number of anilines is 1. The summed E-state index contributed by atoms with van der Waals surface area (Å²) in [5.74, 6) is 1.27. The fraction of sp³-hybridized carbons (Fsp3) is 0.619. The smallest absolute Gasteiger partial charge is 0.301 e. The summed E-state index contributed by atoms with van der Waals surface area (Å²) in [5, 5.41) is 3.47. The molecule has 1 aromatic carbocycles. The van der Waals surface area contributed by atoms with E-state index in [1.54, 1.807) is 11.3 Å². The summed E-state index contributed by atoms with van der Waals surface area (Å²) < 4.78 is 30.5. The number of piperidine rings is 1. The molecule has 156 valence electrons. The van der Waals surface area contributed by atoms with Crippen molar-refractivity contribution >= 4 is 37.3 Å². The molecule has 1 aliphatic heterocycles. The zero-order valence-electron chi connectivity index (χ0n) is 17.4. The van der Waals surface area contributed by atoms with Crippen LogP contribution in [-0.4, -0.2) is 50.3 Å². The van der Waals surface area contributed by atoms with E-state index in [1.165, 1.54) is 39.3 Å². The first-order chi connectivity index (χ1) is 13.3. The monoisotopic (exact) mass is 423 g/mol. The fourth-order valence-corrected chi connectivity index (χ4v) is 6.41. The van der Waals surface area contributed by atoms with Crippen molar-refractivity contribution in [2.45, 2.75) is 46.5 Å². The molecule has 0 amide bonds. The molecule has 1 aliphatic rings. The van der Waals surface area contributed by atoms with Gasteiger partial charge in [0.1, 0.15) is 0 Å². The van der Waals surface area contributed by atoms with Gasteiger partial charge in [-0.05, 0) is 72.3 Å². The van der Waals surface area contributed by atoms with Crippen LogP contribution in [0.1, 0.15) is 52.0 Å². The van der Waals surface area contributed by atoms with E-state index in [-0.39, 0.29) is 0 Å². The van der Waals surface area contributed by atoms with E-state index in [2.05, 4.69) is 28.8 Å². The Labute approximate surface area is 173 Å². The van der Waals surface area contributed by atoms with Gasteiger partial charge in [0.25, 0.3) is 0 Å². The number of hydrogen-bond donors (Lipinski definition) is 1. The topological polar surface area (TPSA) is 52.7 Å². The highest BCUT2D eigenvalue weighted by Crippen LogP contribution is 2.38. The van der Waals surface area contributed by atoms with Crippen LogP contribution in [0.5, 0.6) is 0 Å². The third-order valence-electron chi connectivity index (χ3n) is 5.55. The van der Waals surface area contributed by atoms with E-state index < -0.39 is 10.2 Å². The Balaban J connectivity index is 1.78. The van der Waals surface area contributed by atoms with Crippen LogP contribution in [0.25, 0.3) is 10.1 Å². The third kappa shape index (κ3) is 4.87. The molecule has 5 nitrogen and oxygen atoms in total. The first-order valence-electron chi connectivity index (χ1n) is 10.4. The number of thiophene rings is 1. The predicted octanol–water partition coefficient (Wildman–Crippen LogP) is 4.74. The van der Waals surface area contributed by atoms with Gasteiger partial charge in [0.15, 0.2) is 0 Å². The molecule has 1 saturated heterocycles. The highest BCUT2D eigenvalue weighted by atomic mass is 32.2. The van der Waals surface area contributed by atoms with Crippen molar-refractivity contribution in [2.24, 2.45) is 5.92 Å². The van der Waals surface area contributed by atoms with Crippen LogP contribution >= 0.6 is 11.3 Å². The number of fused-ring (bicyclic) bond motifs is 1. The lowest BCUT2D eigenvalue weighted by Crippen LogP contribution is -2.35. The average molecular weight is 424 g/mol. The number of benzene rings is 1. The van der Waals surface area contributed by atoms with Crippen molar-refractivity contribution in [2.75, 3.05) is 37.4 Å². The lowest BCUT2D eigenvalue weighted by Gasteiger charge is -2.33. The van der Waals surface area contributed by atoms with Gasteiger partial charge in [-0.1, -0.05) is 27.7 Å². The van der Waals surface area contributed by atoms with E-state index in [4.69, 9.17) is 0 Å². The molecule has 2 heterocycles. The van der Waals surface area contributed by atoms with Crippen molar-refractivity contribution < 1.29 is 8.42 Å². The first kappa shape index (κ1) is 21.6. The predicted molar refractivity (Wildman–Crippen MR) is 121 cm³/mol. The van der Waals surface area contributed by atoms with E-state index in [1.807, 2.05) is 32.0 Å². The summed E-state index contributed by atoms with van der Waals surface area (Å²) in [6.07, 6.45) is 2.35. The van der Waals surface area contributed by atoms with Crippen LogP contribution in [0.3, 0.4) is 0 Å². The molecule has 1 N–H and O–H groups in total. The number of rotatable bonds is 8. The highest BCUT2D eigenvalue weighted by molar-refractivity contribution is 7.90. The van der Waals surface area contributed by atoms with Gasteiger partial charge in [-0.3, -0.25) is 4.72 Å². The Kier molecular flexibility index (Phi) is 7.02. The molecule has 1 aromatic heterocycles. The molecular formula is C21H33N3O2S2. The molecule has 7 heteroatoms. The molecule has 3 rings (SSSR count). The van der Waals surface area contributed by atoms with Gasteiger partial charge in [0.2, 0.25) is 0 Å². The SMILES string of the molecule is CCN(CC)S(=O)(=O)Nc1ccc2scc(C3CCN(CC(C)C)CC3)c2c1. The van der Waals surface area contributed by atoms with Crippen LogP contribution in [0.2, 0.25) is 0 Å². The number of hydrogen-bond acceptors (Lipinski definition) is 4. The van der Waals surface area contributed by atoms with E-state index in [0.717, 1.165) is 13.1 Å². The van der Waals surface area contributed by atoms with Crippen LogP contribution in [0, 0.1) is 5.92 Å². The normalized spacial score (nSPS) is 17.1. The zero-order chi connectivity index (χ0) is 20.3. The number of likely N-dealkylation sites (tertiary alicyclic amines) is 1. The highest BCUT2D eigenvalue weighted by Gasteiger charge is 2.24. The minimum absolute atomic E-state index is 0.465. The molecule has 0 spiro atoms. The minimum atomic E-state index is -3.50. The third-order valence-corrected chi connectivity index (χ3v) is 8.22. The van der Waals surface area contributed by atoms with Crippen molar-refractivity contribution in [3.63, 3.8) is 0 Å². The zero-order valence-corrected chi connectivity index (χ0v) is 19.1. The molecule has 28 heavy (non-hydrogen) atoms. The van der Waals surface area contributed by atoms with Gasteiger partial charge >= 0.3 is 10.2 Å². The second-order valence-electron chi connectivity index (χ2n) is 8.06. The van der Waals surface area contributed by atoms with Gasteiger partial charge in [-0.2, -0.15) is 12.7 Å². The van der Waals surface area contributed by atoms with Gasteiger partial charge in [0, 0.05) is 24.3 Å². The molecule has 1 fully saturated rings. The molecule has 0 saturated carbocycles. The lowest BCUT2D eigenvalue weighted by atomic mass is 9.89. The maximum absolute atomic E-state index is 12.6. The Morgan fingerprint density at radius 3 is 2.50 bits per heavy atom.